The lowest BCUT2D eigenvalue weighted by atomic mass is 10.1. The molecule has 0 aliphatic heterocycles. The summed E-state index contributed by atoms with van der Waals surface area (Å²) < 4.78 is 7.17. The van der Waals surface area contributed by atoms with Gasteiger partial charge >= 0.3 is 5.97 Å². The van der Waals surface area contributed by atoms with Crippen molar-refractivity contribution in [3.63, 3.8) is 0 Å². The van der Waals surface area contributed by atoms with E-state index in [1.54, 1.807) is 78.9 Å². The predicted molar refractivity (Wildman–Crippen MR) is 154 cm³/mol. The molecule has 0 aliphatic carbocycles. The van der Waals surface area contributed by atoms with Gasteiger partial charge in [0.2, 0.25) is 0 Å². The van der Waals surface area contributed by atoms with Gasteiger partial charge in [-0.25, -0.2) is 10.2 Å². The second-order valence-electron chi connectivity index (χ2n) is 8.18. The molecule has 0 heterocycles. The SMILES string of the molecule is Cc1ccc(C(=O)Oc2ccc(Br)cc2C=NNC(=O)c2cccc(NC(=O)c3ccc(Br)cc3)c2)cc1. The number of benzene rings is 4. The minimum atomic E-state index is -0.506. The number of nitrogens with zero attached hydrogens (tertiary/aromatic N) is 1. The Balaban J connectivity index is 1.42. The fourth-order valence-corrected chi connectivity index (χ4v) is 3.97. The molecule has 0 unspecified atom stereocenters. The first kappa shape index (κ1) is 27.0. The van der Waals surface area contributed by atoms with Crippen molar-refractivity contribution in [1.29, 1.82) is 0 Å². The lowest BCUT2D eigenvalue weighted by molar-refractivity contribution is 0.0734. The van der Waals surface area contributed by atoms with Crippen molar-refractivity contribution in [2.75, 3.05) is 5.32 Å². The highest BCUT2D eigenvalue weighted by Gasteiger charge is 2.12. The Kier molecular flexibility index (Phi) is 8.83. The molecule has 0 saturated heterocycles. The van der Waals surface area contributed by atoms with Crippen LogP contribution < -0.4 is 15.5 Å². The van der Waals surface area contributed by atoms with Crippen molar-refractivity contribution in [2.45, 2.75) is 6.92 Å². The number of hydrogen-bond acceptors (Lipinski definition) is 5. The molecule has 0 fully saturated rings. The lowest BCUT2D eigenvalue weighted by Gasteiger charge is -2.09. The summed E-state index contributed by atoms with van der Waals surface area (Å²) in [6, 6.07) is 25.6. The zero-order chi connectivity index (χ0) is 27.1. The standard InChI is InChI=1S/C29H21Br2N3O4/c1-18-5-7-20(8-6-18)29(37)38-26-14-13-24(31)15-22(26)17-32-34-28(36)21-3-2-4-25(16-21)33-27(35)19-9-11-23(30)12-10-19/h2-17H,1H3,(H,33,35)(H,34,36). The Morgan fingerprint density at radius 3 is 2.18 bits per heavy atom. The molecule has 0 bridgehead atoms. The number of aryl methyl sites for hydroxylation is 1. The first-order valence-corrected chi connectivity index (χ1v) is 13.0. The molecule has 38 heavy (non-hydrogen) atoms. The number of halogens is 2. The molecule has 0 atom stereocenters. The summed E-state index contributed by atoms with van der Waals surface area (Å²) in [5.41, 5.74) is 5.65. The number of amides is 2. The van der Waals surface area contributed by atoms with E-state index in [0.717, 1.165) is 14.5 Å². The maximum atomic E-state index is 12.7. The van der Waals surface area contributed by atoms with Crippen molar-refractivity contribution >= 4 is 61.5 Å². The van der Waals surface area contributed by atoms with Crippen LogP contribution in [0.2, 0.25) is 0 Å². The number of hydrazone groups is 1. The van der Waals surface area contributed by atoms with E-state index < -0.39 is 11.9 Å². The number of anilines is 1. The number of ether oxygens (including phenoxy) is 1. The van der Waals surface area contributed by atoms with Crippen molar-refractivity contribution in [1.82, 2.24) is 5.43 Å². The van der Waals surface area contributed by atoms with Gasteiger partial charge in [0.15, 0.2) is 0 Å². The van der Waals surface area contributed by atoms with Gasteiger partial charge < -0.3 is 10.1 Å². The zero-order valence-corrected chi connectivity index (χ0v) is 23.2. The minimum Gasteiger partial charge on any atom is -0.422 e. The number of hydrogen-bond donors (Lipinski definition) is 2. The molecule has 4 aromatic rings. The van der Waals surface area contributed by atoms with Crippen LogP contribution in [-0.4, -0.2) is 24.0 Å². The zero-order valence-electron chi connectivity index (χ0n) is 20.1. The van der Waals surface area contributed by atoms with Crippen molar-refractivity contribution in [2.24, 2.45) is 5.10 Å². The second kappa shape index (κ2) is 12.4. The quantitative estimate of drug-likeness (QED) is 0.102. The smallest absolute Gasteiger partial charge is 0.343 e. The van der Waals surface area contributed by atoms with Crippen LogP contribution in [-0.2, 0) is 0 Å². The number of rotatable bonds is 7. The van der Waals surface area contributed by atoms with E-state index in [2.05, 4.69) is 47.7 Å². The summed E-state index contributed by atoms with van der Waals surface area (Å²) in [6.07, 6.45) is 1.39. The van der Waals surface area contributed by atoms with Crippen LogP contribution >= 0.6 is 31.9 Å². The van der Waals surface area contributed by atoms with Crippen LogP contribution in [0.1, 0.15) is 42.2 Å². The predicted octanol–water partition coefficient (Wildman–Crippen LogP) is 6.76. The normalized spacial score (nSPS) is 10.7. The largest absolute Gasteiger partial charge is 0.422 e. The van der Waals surface area contributed by atoms with Crippen LogP contribution in [0, 0.1) is 6.92 Å². The third-order valence-corrected chi connectivity index (χ3v) is 6.34. The van der Waals surface area contributed by atoms with E-state index in [0.29, 0.717) is 27.9 Å². The first-order valence-electron chi connectivity index (χ1n) is 11.4. The van der Waals surface area contributed by atoms with E-state index in [1.807, 2.05) is 19.1 Å². The Bertz CT molecular complexity index is 1520. The molecule has 2 amide bonds. The van der Waals surface area contributed by atoms with E-state index in [9.17, 15) is 14.4 Å². The Morgan fingerprint density at radius 1 is 0.763 bits per heavy atom. The van der Waals surface area contributed by atoms with Gasteiger partial charge in [0, 0.05) is 31.3 Å². The topological polar surface area (TPSA) is 96.9 Å². The monoisotopic (exact) mass is 633 g/mol. The average molecular weight is 635 g/mol. The summed E-state index contributed by atoms with van der Waals surface area (Å²) in [4.78, 5) is 37.7. The maximum absolute atomic E-state index is 12.7. The van der Waals surface area contributed by atoms with Crippen LogP contribution in [0.4, 0.5) is 5.69 Å². The molecule has 0 radical (unpaired) electrons. The van der Waals surface area contributed by atoms with Crippen LogP contribution in [0.25, 0.3) is 0 Å². The molecule has 2 N–H and O–H groups in total. The van der Waals surface area contributed by atoms with Gasteiger partial charge in [-0.3, -0.25) is 9.59 Å². The molecular weight excluding hydrogens is 614 g/mol. The Morgan fingerprint density at radius 2 is 1.45 bits per heavy atom. The number of carbonyl (C=O) groups excluding carboxylic acids is 3. The minimum absolute atomic E-state index is 0.287. The molecule has 190 valence electrons. The van der Waals surface area contributed by atoms with Gasteiger partial charge in [0.25, 0.3) is 11.8 Å². The van der Waals surface area contributed by atoms with Crippen LogP contribution in [0.3, 0.4) is 0 Å². The highest BCUT2D eigenvalue weighted by atomic mass is 79.9. The Hall–Kier alpha value is -4.08. The van der Waals surface area contributed by atoms with Crippen LogP contribution in [0.15, 0.2) is 105 Å². The van der Waals surface area contributed by atoms with Gasteiger partial charge in [-0.2, -0.15) is 5.10 Å². The van der Waals surface area contributed by atoms with E-state index >= 15 is 0 Å². The van der Waals surface area contributed by atoms with Crippen LogP contribution in [0.5, 0.6) is 5.75 Å². The maximum Gasteiger partial charge on any atom is 0.343 e. The summed E-state index contributed by atoms with van der Waals surface area (Å²) in [7, 11) is 0. The van der Waals surface area contributed by atoms with Crippen molar-refractivity contribution in [3.8, 4) is 5.75 Å². The fraction of sp³-hybridized carbons (Fsp3) is 0.0345. The molecule has 0 aromatic heterocycles. The van der Waals surface area contributed by atoms with Gasteiger partial charge in [-0.15, -0.1) is 0 Å². The molecule has 0 aliphatic rings. The highest BCUT2D eigenvalue weighted by Crippen LogP contribution is 2.23. The number of carbonyl (C=O) groups is 3. The van der Waals surface area contributed by atoms with Gasteiger partial charge in [0.1, 0.15) is 5.75 Å². The highest BCUT2D eigenvalue weighted by molar-refractivity contribution is 9.10. The van der Waals surface area contributed by atoms with E-state index in [1.165, 1.54) is 6.21 Å². The summed E-state index contributed by atoms with van der Waals surface area (Å²) in [5, 5.41) is 6.81. The summed E-state index contributed by atoms with van der Waals surface area (Å²) >= 11 is 6.73. The van der Waals surface area contributed by atoms with Gasteiger partial charge in [0.05, 0.1) is 11.8 Å². The molecule has 0 spiro atoms. The fourth-order valence-electron chi connectivity index (χ4n) is 3.33. The number of nitrogens with one attached hydrogen (secondary N) is 2. The molecule has 9 heteroatoms. The second-order valence-corrected chi connectivity index (χ2v) is 10.0. The van der Waals surface area contributed by atoms with Gasteiger partial charge in [-0.05, 0) is 79.7 Å². The van der Waals surface area contributed by atoms with Crippen molar-refractivity contribution in [3.05, 3.63) is 128 Å². The average Bonchev–Trinajstić information content (AvgIpc) is 2.91. The lowest BCUT2D eigenvalue weighted by Crippen LogP contribution is -2.18. The first-order chi connectivity index (χ1) is 18.3. The van der Waals surface area contributed by atoms with Gasteiger partial charge in [-0.1, -0.05) is 55.6 Å². The number of esters is 1. The van der Waals surface area contributed by atoms with E-state index in [4.69, 9.17) is 4.74 Å². The van der Waals surface area contributed by atoms with E-state index in [-0.39, 0.29) is 11.7 Å². The summed E-state index contributed by atoms with van der Waals surface area (Å²) in [6.45, 7) is 1.93. The summed E-state index contributed by atoms with van der Waals surface area (Å²) in [5.74, 6) is -0.993. The molecule has 4 rings (SSSR count). The third kappa shape index (κ3) is 7.24. The molecule has 4 aromatic carbocycles. The molecule has 7 nitrogen and oxygen atoms in total. The molecule has 0 saturated carbocycles. The third-order valence-electron chi connectivity index (χ3n) is 5.32. The van der Waals surface area contributed by atoms with Crippen molar-refractivity contribution < 1.29 is 19.1 Å². The molecular formula is C29H21Br2N3O4. The Labute approximate surface area is 236 Å².